The van der Waals surface area contributed by atoms with Crippen molar-refractivity contribution in [2.45, 2.75) is 6.92 Å². The molecule has 6 heteroatoms. The van der Waals surface area contributed by atoms with E-state index in [0.717, 1.165) is 17.0 Å². The number of methoxy groups -OCH3 is 1. The van der Waals surface area contributed by atoms with Gasteiger partial charge in [-0.15, -0.1) is 0 Å². The van der Waals surface area contributed by atoms with Gasteiger partial charge in [0, 0.05) is 35.6 Å². The van der Waals surface area contributed by atoms with Gasteiger partial charge in [-0.3, -0.25) is 9.67 Å². The predicted octanol–water partition coefficient (Wildman–Crippen LogP) is 3.16. The van der Waals surface area contributed by atoms with E-state index < -0.39 is 5.97 Å². The van der Waals surface area contributed by atoms with Crippen LogP contribution in [0.15, 0.2) is 42.7 Å². The molecule has 1 aromatic carbocycles. The molecule has 0 aliphatic rings. The van der Waals surface area contributed by atoms with E-state index in [4.69, 9.17) is 4.74 Å². The first-order valence-electron chi connectivity index (χ1n) is 7.38. The molecule has 0 aliphatic heterocycles. The fraction of sp³-hybridized carbons (Fsp3) is 0.167. The summed E-state index contributed by atoms with van der Waals surface area (Å²) in [5, 5.41) is 13.9. The fourth-order valence-electron chi connectivity index (χ4n) is 2.60. The van der Waals surface area contributed by atoms with Gasteiger partial charge in [0.1, 0.15) is 5.75 Å². The fourth-order valence-corrected chi connectivity index (χ4v) is 2.60. The van der Waals surface area contributed by atoms with Crippen molar-refractivity contribution in [2.75, 3.05) is 7.11 Å². The number of nitrogens with zero attached hydrogens (tertiary/aromatic N) is 3. The van der Waals surface area contributed by atoms with Gasteiger partial charge in [-0.25, -0.2) is 4.79 Å². The smallest absolute Gasteiger partial charge is 0.336 e. The second-order valence-electron chi connectivity index (χ2n) is 5.47. The summed E-state index contributed by atoms with van der Waals surface area (Å²) in [6, 6.07) is 8.88. The van der Waals surface area contributed by atoms with Crippen molar-refractivity contribution in [1.82, 2.24) is 14.8 Å². The molecule has 0 fully saturated rings. The summed E-state index contributed by atoms with van der Waals surface area (Å²) >= 11 is 0. The highest BCUT2D eigenvalue weighted by Crippen LogP contribution is 2.35. The van der Waals surface area contributed by atoms with Gasteiger partial charge in [-0.05, 0) is 31.2 Å². The Balaban J connectivity index is 2.25. The van der Waals surface area contributed by atoms with Crippen LogP contribution in [0, 0.1) is 6.92 Å². The Labute approximate surface area is 139 Å². The molecule has 3 rings (SSSR count). The van der Waals surface area contributed by atoms with Crippen LogP contribution in [0.5, 0.6) is 5.75 Å². The molecule has 122 valence electrons. The van der Waals surface area contributed by atoms with Crippen molar-refractivity contribution < 1.29 is 14.6 Å². The molecule has 0 amide bonds. The lowest BCUT2D eigenvalue weighted by Gasteiger charge is -2.13. The maximum Gasteiger partial charge on any atom is 0.336 e. The van der Waals surface area contributed by atoms with Crippen LogP contribution in [0.4, 0.5) is 0 Å². The first-order chi connectivity index (χ1) is 11.5. The van der Waals surface area contributed by atoms with E-state index in [-0.39, 0.29) is 5.56 Å². The van der Waals surface area contributed by atoms with Crippen LogP contribution in [0.3, 0.4) is 0 Å². The van der Waals surface area contributed by atoms with Crippen molar-refractivity contribution in [3.05, 3.63) is 54.0 Å². The topological polar surface area (TPSA) is 77.2 Å². The summed E-state index contributed by atoms with van der Waals surface area (Å²) in [5.74, 6) is -0.463. The van der Waals surface area contributed by atoms with Crippen molar-refractivity contribution >= 4 is 5.97 Å². The minimum atomic E-state index is -0.992. The van der Waals surface area contributed by atoms with Crippen LogP contribution in [0.2, 0.25) is 0 Å². The second kappa shape index (κ2) is 6.16. The summed E-state index contributed by atoms with van der Waals surface area (Å²) in [4.78, 5) is 15.9. The number of carboxylic acids is 1. The lowest BCUT2D eigenvalue weighted by atomic mass is 9.96. The molecule has 6 nitrogen and oxygen atoms in total. The van der Waals surface area contributed by atoms with Crippen LogP contribution >= 0.6 is 0 Å². The zero-order valence-corrected chi connectivity index (χ0v) is 13.6. The normalized spacial score (nSPS) is 10.6. The highest BCUT2D eigenvalue weighted by molar-refractivity contribution is 5.98. The number of pyridine rings is 1. The molecule has 24 heavy (non-hydrogen) atoms. The predicted molar refractivity (Wildman–Crippen MR) is 90.1 cm³/mol. The summed E-state index contributed by atoms with van der Waals surface area (Å²) in [5.41, 5.74) is 3.88. The Kier molecular flexibility index (Phi) is 4.04. The molecule has 0 bridgehead atoms. The molecule has 0 spiro atoms. The number of aromatic nitrogens is 3. The summed E-state index contributed by atoms with van der Waals surface area (Å²) in [6.07, 6.45) is 3.45. The molecule has 0 radical (unpaired) electrons. The Bertz CT molecular complexity index is 916. The van der Waals surface area contributed by atoms with Crippen molar-refractivity contribution in [2.24, 2.45) is 7.05 Å². The van der Waals surface area contributed by atoms with Gasteiger partial charge in [0.05, 0.1) is 24.6 Å². The molecule has 0 atom stereocenters. The molecular formula is C18H17N3O3. The number of hydrogen-bond donors (Lipinski definition) is 1. The van der Waals surface area contributed by atoms with Crippen molar-refractivity contribution in [3.8, 4) is 28.1 Å². The quantitative estimate of drug-likeness (QED) is 0.798. The summed E-state index contributed by atoms with van der Waals surface area (Å²) < 4.78 is 7.07. The van der Waals surface area contributed by atoms with E-state index in [9.17, 15) is 9.90 Å². The van der Waals surface area contributed by atoms with Gasteiger partial charge < -0.3 is 9.84 Å². The highest BCUT2D eigenvalue weighted by Gasteiger charge is 2.17. The third kappa shape index (κ3) is 2.86. The zero-order chi connectivity index (χ0) is 17.3. The molecule has 0 aliphatic carbocycles. The maximum absolute atomic E-state index is 11.7. The van der Waals surface area contributed by atoms with Crippen LogP contribution < -0.4 is 4.74 Å². The minimum Gasteiger partial charge on any atom is -0.494 e. The molecule has 3 aromatic rings. The van der Waals surface area contributed by atoms with Gasteiger partial charge in [-0.1, -0.05) is 6.07 Å². The van der Waals surface area contributed by atoms with Crippen LogP contribution in [-0.2, 0) is 7.05 Å². The standard InChI is InChI=1S/C18H17N3O3/c1-11-8-15(17(24-3)10-19-11)14-9-12(4-5-13(14)18(22)23)16-6-7-21(2)20-16/h4-10H,1-3H3,(H,22,23). The number of aromatic carboxylic acids is 1. The third-order valence-corrected chi connectivity index (χ3v) is 3.77. The third-order valence-electron chi connectivity index (χ3n) is 3.77. The Hall–Kier alpha value is -3.15. The van der Waals surface area contributed by atoms with Crippen molar-refractivity contribution in [3.63, 3.8) is 0 Å². The van der Waals surface area contributed by atoms with E-state index in [1.165, 1.54) is 0 Å². The highest BCUT2D eigenvalue weighted by atomic mass is 16.5. The number of ether oxygens (including phenoxy) is 1. The number of hydrogen-bond acceptors (Lipinski definition) is 4. The molecule has 2 heterocycles. The number of aryl methyl sites for hydroxylation is 2. The number of benzene rings is 1. The number of carbonyl (C=O) groups is 1. The Morgan fingerprint density at radius 1 is 1.21 bits per heavy atom. The largest absolute Gasteiger partial charge is 0.494 e. The number of rotatable bonds is 4. The monoisotopic (exact) mass is 323 g/mol. The first kappa shape index (κ1) is 15.7. The van der Waals surface area contributed by atoms with Crippen LogP contribution in [0.25, 0.3) is 22.4 Å². The van der Waals surface area contributed by atoms with Crippen LogP contribution in [0.1, 0.15) is 16.1 Å². The molecular weight excluding hydrogens is 306 g/mol. The zero-order valence-electron chi connectivity index (χ0n) is 13.6. The van der Waals surface area contributed by atoms with E-state index >= 15 is 0 Å². The van der Waals surface area contributed by atoms with E-state index in [1.807, 2.05) is 38.4 Å². The van der Waals surface area contributed by atoms with E-state index in [1.54, 1.807) is 30.1 Å². The molecule has 2 aromatic heterocycles. The number of carboxylic acid groups (broad SMARTS) is 1. The summed E-state index contributed by atoms with van der Waals surface area (Å²) in [7, 11) is 3.38. The van der Waals surface area contributed by atoms with Gasteiger partial charge in [-0.2, -0.15) is 5.10 Å². The minimum absolute atomic E-state index is 0.207. The lowest BCUT2D eigenvalue weighted by molar-refractivity contribution is 0.0697. The van der Waals surface area contributed by atoms with Gasteiger partial charge in [0.15, 0.2) is 0 Å². The summed E-state index contributed by atoms with van der Waals surface area (Å²) in [6.45, 7) is 1.85. The lowest BCUT2D eigenvalue weighted by Crippen LogP contribution is -2.02. The van der Waals surface area contributed by atoms with Gasteiger partial charge >= 0.3 is 5.97 Å². The van der Waals surface area contributed by atoms with Crippen molar-refractivity contribution in [1.29, 1.82) is 0 Å². The maximum atomic E-state index is 11.7. The Morgan fingerprint density at radius 2 is 2.00 bits per heavy atom. The average molecular weight is 323 g/mol. The van der Waals surface area contributed by atoms with Gasteiger partial charge in [0.25, 0.3) is 0 Å². The molecule has 1 N–H and O–H groups in total. The van der Waals surface area contributed by atoms with E-state index in [0.29, 0.717) is 16.9 Å². The molecule has 0 saturated carbocycles. The Morgan fingerprint density at radius 3 is 2.62 bits per heavy atom. The molecule has 0 saturated heterocycles. The van der Waals surface area contributed by atoms with E-state index in [2.05, 4.69) is 10.1 Å². The van der Waals surface area contributed by atoms with Gasteiger partial charge in [0.2, 0.25) is 0 Å². The molecule has 0 unspecified atom stereocenters. The van der Waals surface area contributed by atoms with Crippen LogP contribution in [-0.4, -0.2) is 33.0 Å². The average Bonchev–Trinajstić information content (AvgIpc) is 3.00. The second-order valence-corrected chi connectivity index (χ2v) is 5.47. The first-order valence-corrected chi connectivity index (χ1v) is 7.38. The SMILES string of the molecule is COc1cnc(C)cc1-c1cc(-c2ccn(C)n2)ccc1C(=O)O.